The van der Waals surface area contributed by atoms with Gasteiger partial charge in [0.1, 0.15) is 5.03 Å². The highest BCUT2D eigenvalue weighted by Gasteiger charge is 2.04. The van der Waals surface area contributed by atoms with Crippen LogP contribution in [0.1, 0.15) is 11.1 Å². The van der Waals surface area contributed by atoms with Gasteiger partial charge in [-0.15, -0.1) is 10.2 Å². The van der Waals surface area contributed by atoms with Crippen LogP contribution in [-0.4, -0.2) is 15.2 Å². The van der Waals surface area contributed by atoms with Crippen molar-refractivity contribution in [3.05, 3.63) is 72.1 Å². The van der Waals surface area contributed by atoms with Crippen LogP contribution in [0, 0.1) is 6.92 Å². The molecule has 104 valence electrons. The lowest BCUT2D eigenvalue weighted by molar-refractivity contribution is 0.934. The molecule has 0 aliphatic rings. The van der Waals surface area contributed by atoms with Gasteiger partial charge >= 0.3 is 0 Å². The molecule has 0 radical (unpaired) electrons. The molecule has 1 aromatic carbocycles. The van der Waals surface area contributed by atoms with E-state index < -0.39 is 0 Å². The van der Waals surface area contributed by atoms with Gasteiger partial charge in [-0.25, -0.2) is 0 Å². The number of pyridine rings is 1. The second-order valence-electron chi connectivity index (χ2n) is 4.72. The predicted octanol–water partition coefficient (Wildman–Crippen LogP) is 4.14. The number of aromatic nitrogens is 3. The molecule has 0 spiro atoms. The van der Waals surface area contributed by atoms with Crippen LogP contribution in [-0.2, 0) is 5.75 Å². The molecule has 2 heterocycles. The van der Waals surface area contributed by atoms with Gasteiger partial charge in [0.15, 0.2) is 0 Å². The summed E-state index contributed by atoms with van der Waals surface area (Å²) in [5.41, 5.74) is 4.45. The topological polar surface area (TPSA) is 38.7 Å². The van der Waals surface area contributed by atoms with Gasteiger partial charge in [0.2, 0.25) is 0 Å². The molecule has 0 N–H and O–H groups in total. The van der Waals surface area contributed by atoms with Crippen LogP contribution in [0.2, 0.25) is 0 Å². The number of thioether (sulfide) groups is 1. The molecule has 2 aromatic heterocycles. The fourth-order valence-corrected chi connectivity index (χ4v) is 2.79. The van der Waals surface area contributed by atoms with Crippen molar-refractivity contribution in [2.45, 2.75) is 17.7 Å². The monoisotopic (exact) mass is 293 g/mol. The minimum atomic E-state index is 0.853. The summed E-state index contributed by atoms with van der Waals surface area (Å²) in [7, 11) is 0. The van der Waals surface area contributed by atoms with Crippen molar-refractivity contribution < 1.29 is 0 Å². The Morgan fingerprint density at radius 1 is 0.952 bits per heavy atom. The molecular weight excluding hydrogens is 278 g/mol. The van der Waals surface area contributed by atoms with Crippen molar-refractivity contribution >= 4 is 11.8 Å². The van der Waals surface area contributed by atoms with E-state index in [0.29, 0.717) is 0 Å². The predicted molar refractivity (Wildman–Crippen MR) is 86.0 cm³/mol. The second kappa shape index (κ2) is 6.50. The summed E-state index contributed by atoms with van der Waals surface area (Å²) in [5.74, 6) is 0.853. The first-order chi connectivity index (χ1) is 10.3. The first-order valence-corrected chi connectivity index (χ1v) is 7.73. The molecule has 0 aliphatic heterocycles. The summed E-state index contributed by atoms with van der Waals surface area (Å²) in [6.45, 7) is 2.09. The van der Waals surface area contributed by atoms with Gasteiger partial charge in [0, 0.05) is 23.7 Å². The molecule has 3 rings (SSSR count). The smallest absolute Gasteiger partial charge is 0.119 e. The maximum absolute atomic E-state index is 4.34. The summed E-state index contributed by atoms with van der Waals surface area (Å²) in [6.07, 6.45) is 3.66. The zero-order valence-electron chi connectivity index (χ0n) is 11.7. The molecule has 0 saturated heterocycles. The summed E-state index contributed by atoms with van der Waals surface area (Å²) in [6, 6.07) is 16.3. The molecule has 3 aromatic rings. The SMILES string of the molecule is Cc1ccccc1-c1ccc(SCc2cccnc2)nn1. The van der Waals surface area contributed by atoms with Gasteiger partial charge < -0.3 is 0 Å². The van der Waals surface area contributed by atoms with Gasteiger partial charge in [-0.05, 0) is 36.2 Å². The van der Waals surface area contributed by atoms with Crippen molar-refractivity contribution in [2.75, 3.05) is 0 Å². The Morgan fingerprint density at radius 3 is 2.57 bits per heavy atom. The summed E-state index contributed by atoms with van der Waals surface area (Å²) < 4.78 is 0. The van der Waals surface area contributed by atoms with E-state index in [-0.39, 0.29) is 0 Å². The standard InChI is InChI=1S/C17H15N3S/c1-13-5-2-3-7-15(13)16-8-9-17(20-19-16)21-12-14-6-4-10-18-11-14/h2-11H,12H2,1H3. The molecule has 0 aliphatic carbocycles. The van der Waals surface area contributed by atoms with Gasteiger partial charge in [-0.2, -0.15) is 0 Å². The zero-order chi connectivity index (χ0) is 14.5. The van der Waals surface area contributed by atoms with Crippen molar-refractivity contribution in [1.29, 1.82) is 0 Å². The van der Waals surface area contributed by atoms with E-state index in [9.17, 15) is 0 Å². The van der Waals surface area contributed by atoms with E-state index >= 15 is 0 Å². The van der Waals surface area contributed by atoms with Crippen LogP contribution >= 0.6 is 11.8 Å². The molecule has 3 nitrogen and oxygen atoms in total. The maximum Gasteiger partial charge on any atom is 0.119 e. The third-order valence-electron chi connectivity index (χ3n) is 3.17. The van der Waals surface area contributed by atoms with Gasteiger partial charge in [-0.3, -0.25) is 4.98 Å². The number of rotatable bonds is 4. The molecule has 0 saturated carbocycles. The third kappa shape index (κ3) is 3.47. The Balaban J connectivity index is 1.71. The minimum absolute atomic E-state index is 0.853. The van der Waals surface area contributed by atoms with Crippen LogP contribution in [0.4, 0.5) is 0 Å². The van der Waals surface area contributed by atoms with Crippen LogP contribution < -0.4 is 0 Å². The number of hydrogen-bond acceptors (Lipinski definition) is 4. The highest BCUT2D eigenvalue weighted by molar-refractivity contribution is 7.98. The number of aryl methyl sites for hydroxylation is 1. The van der Waals surface area contributed by atoms with Gasteiger partial charge in [0.25, 0.3) is 0 Å². The Hall–Kier alpha value is -2.20. The molecule has 4 heteroatoms. The molecule has 0 fully saturated rings. The van der Waals surface area contributed by atoms with Crippen molar-refractivity contribution in [3.8, 4) is 11.3 Å². The van der Waals surface area contributed by atoms with E-state index in [1.54, 1.807) is 18.0 Å². The number of benzene rings is 1. The average molecular weight is 293 g/mol. The number of hydrogen-bond donors (Lipinski definition) is 0. The fourth-order valence-electron chi connectivity index (χ4n) is 2.04. The molecular formula is C17H15N3S. The first-order valence-electron chi connectivity index (χ1n) is 6.74. The quantitative estimate of drug-likeness (QED) is 0.678. The maximum atomic E-state index is 4.34. The largest absolute Gasteiger partial charge is 0.264 e. The third-order valence-corrected chi connectivity index (χ3v) is 4.16. The molecule has 21 heavy (non-hydrogen) atoms. The highest BCUT2D eigenvalue weighted by Crippen LogP contribution is 2.24. The molecule has 0 unspecified atom stereocenters. The van der Waals surface area contributed by atoms with Crippen LogP contribution in [0.5, 0.6) is 0 Å². The molecule has 0 bridgehead atoms. The fraction of sp³-hybridized carbons (Fsp3) is 0.118. The lowest BCUT2D eigenvalue weighted by atomic mass is 10.1. The van der Waals surface area contributed by atoms with Gasteiger partial charge in [-0.1, -0.05) is 42.1 Å². The lowest BCUT2D eigenvalue weighted by Crippen LogP contribution is -1.91. The van der Waals surface area contributed by atoms with E-state index in [1.807, 2.05) is 36.5 Å². The van der Waals surface area contributed by atoms with E-state index in [1.165, 1.54) is 11.1 Å². The van der Waals surface area contributed by atoms with E-state index in [0.717, 1.165) is 22.0 Å². The van der Waals surface area contributed by atoms with E-state index in [2.05, 4.69) is 40.3 Å². The summed E-state index contributed by atoms with van der Waals surface area (Å²) >= 11 is 1.67. The van der Waals surface area contributed by atoms with Crippen LogP contribution in [0.15, 0.2) is 66.0 Å². The second-order valence-corrected chi connectivity index (χ2v) is 5.72. The number of nitrogens with zero attached hydrogens (tertiary/aromatic N) is 3. The molecule has 0 atom stereocenters. The van der Waals surface area contributed by atoms with E-state index in [4.69, 9.17) is 0 Å². The minimum Gasteiger partial charge on any atom is -0.264 e. The summed E-state index contributed by atoms with van der Waals surface area (Å²) in [5, 5.41) is 9.57. The Bertz CT molecular complexity index is 712. The Labute approximate surface area is 128 Å². The normalized spacial score (nSPS) is 10.5. The van der Waals surface area contributed by atoms with Crippen molar-refractivity contribution in [3.63, 3.8) is 0 Å². The van der Waals surface area contributed by atoms with Crippen LogP contribution in [0.3, 0.4) is 0 Å². The van der Waals surface area contributed by atoms with Gasteiger partial charge in [0.05, 0.1) is 5.69 Å². The average Bonchev–Trinajstić information content (AvgIpc) is 2.55. The Morgan fingerprint density at radius 2 is 1.86 bits per heavy atom. The van der Waals surface area contributed by atoms with Crippen LogP contribution in [0.25, 0.3) is 11.3 Å². The zero-order valence-corrected chi connectivity index (χ0v) is 12.5. The highest BCUT2D eigenvalue weighted by atomic mass is 32.2. The summed E-state index contributed by atoms with van der Waals surface area (Å²) in [4.78, 5) is 4.11. The Kier molecular flexibility index (Phi) is 4.26. The lowest BCUT2D eigenvalue weighted by Gasteiger charge is -2.05. The van der Waals surface area contributed by atoms with Crippen molar-refractivity contribution in [1.82, 2.24) is 15.2 Å². The van der Waals surface area contributed by atoms with Crippen molar-refractivity contribution in [2.24, 2.45) is 0 Å². The molecule has 0 amide bonds. The first kappa shape index (κ1) is 13.8.